The van der Waals surface area contributed by atoms with Gasteiger partial charge in [-0.2, -0.15) is 0 Å². The Bertz CT molecular complexity index is 147. The van der Waals surface area contributed by atoms with Crippen LogP contribution in [0.1, 0.15) is 6.42 Å². The summed E-state index contributed by atoms with van der Waals surface area (Å²) in [5, 5.41) is 0. The third-order valence-corrected chi connectivity index (χ3v) is 2.90. The van der Waals surface area contributed by atoms with Gasteiger partial charge in [0, 0.05) is 24.4 Å². The fraction of sp³-hybridized carbons (Fsp3) is 1.00. The Morgan fingerprint density at radius 3 is 2.73 bits per heavy atom. The van der Waals surface area contributed by atoms with Crippen LogP contribution in [0, 0.1) is 5.41 Å². The van der Waals surface area contributed by atoms with E-state index < -0.39 is 0 Å². The molecule has 2 aliphatic heterocycles. The first kappa shape index (κ1) is 7.84. The molecule has 0 unspecified atom stereocenters. The van der Waals surface area contributed by atoms with Crippen molar-refractivity contribution >= 4 is 11.6 Å². The maximum atomic E-state index is 5.66. The third kappa shape index (κ3) is 1.40. The van der Waals surface area contributed by atoms with Gasteiger partial charge in [-0.3, -0.25) is 0 Å². The largest absolute Gasteiger partial charge is 0.380 e. The maximum absolute atomic E-state index is 5.66. The van der Waals surface area contributed by atoms with Crippen molar-refractivity contribution in [3.05, 3.63) is 0 Å². The van der Waals surface area contributed by atoms with E-state index in [0.717, 1.165) is 25.6 Å². The van der Waals surface area contributed by atoms with E-state index in [9.17, 15) is 0 Å². The third-order valence-electron chi connectivity index (χ3n) is 2.73. The van der Waals surface area contributed by atoms with E-state index in [1.165, 1.54) is 19.5 Å². The minimum atomic E-state index is 0.534. The predicted molar refractivity (Wildman–Crippen MR) is 45.0 cm³/mol. The second kappa shape index (κ2) is 2.92. The second-order valence-corrected chi connectivity index (χ2v) is 4.09. The maximum Gasteiger partial charge on any atom is 0.0557 e. The molecule has 2 nitrogen and oxygen atoms in total. The standard InChI is InChI=1S/C8H14ClNO/c9-2-4-10-3-1-8(5-10)6-11-7-8/h1-7H2. The van der Waals surface area contributed by atoms with Gasteiger partial charge in [-0.1, -0.05) is 0 Å². The summed E-state index contributed by atoms with van der Waals surface area (Å²) >= 11 is 5.66. The van der Waals surface area contributed by atoms with Crippen molar-refractivity contribution in [3.63, 3.8) is 0 Å². The van der Waals surface area contributed by atoms with E-state index in [1.54, 1.807) is 0 Å². The molecule has 0 saturated carbocycles. The smallest absolute Gasteiger partial charge is 0.0557 e. The van der Waals surface area contributed by atoms with Gasteiger partial charge in [-0.15, -0.1) is 11.6 Å². The van der Waals surface area contributed by atoms with Gasteiger partial charge in [0.25, 0.3) is 0 Å². The Kier molecular flexibility index (Phi) is 2.08. The topological polar surface area (TPSA) is 12.5 Å². The highest BCUT2D eigenvalue weighted by molar-refractivity contribution is 6.18. The van der Waals surface area contributed by atoms with Crippen LogP contribution in [-0.4, -0.2) is 43.6 Å². The molecule has 3 heteroatoms. The highest BCUT2D eigenvalue weighted by Crippen LogP contribution is 2.37. The molecule has 0 atom stereocenters. The SMILES string of the molecule is ClCCN1CCC2(COC2)C1. The van der Waals surface area contributed by atoms with E-state index in [2.05, 4.69) is 4.90 Å². The fourth-order valence-corrected chi connectivity index (χ4v) is 2.20. The summed E-state index contributed by atoms with van der Waals surface area (Å²) in [6.07, 6.45) is 1.31. The van der Waals surface area contributed by atoms with Crippen molar-refractivity contribution in [2.75, 3.05) is 38.7 Å². The van der Waals surface area contributed by atoms with Crippen molar-refractivity contribution in [1.82, 2.24) is 4.90 Å². The van der Waals surface area contributed by atoms with Crippen LogP contribution in [0.3, 0.4) is 0 Å². The van der Waals surface area contributed by atoms with Gasteiger partial charge in [0.05, 0.1) is 13.2 Å². The van der Waals surface area contributed by atoms with Crippen LogP contribution < -0.4 is 0 Å². The Morgan fingerprint density at radius 1 is 1.45 bits per heavy atom. The lowest BCUT2D eigenvalue weighted by Crippen LogP contribution is -2.44. The summed E-state index contributed by atoms with van der Waals surface area (Å²) in [6, 6.07) is 0. The second-order valence-electron chi connectivity index (χ2n) is 3.71. The van der Waals surface area contributed by atoms with Crippen molar-refractivity contribution in [1.29, 1.82) is 0 Å². The first-order valence-electron chi connectivity index (χ1n) is 4.21. The van der Waals surface area contributed by atoms with Crippen molar-refractivity contribution in [2.45, 2.75) is 6.42 Å². The molecule has 0 aromatic heterocycles. The average Bonchev–Trinajstić information content (AvgIpc) is 2.32. The number of hydrogen-bond donors (Lipinski definition) is 0. The average molecular weight is 176 g/mol. The number of likely N-dealkylation sites (tertiary alicyclic amines) is 1. The van der Waals surface area contributed by atoms with Gasteiger partial charge in [0.15, 0.2) is 0 Å². The van der Waals surface area contributed by atoms with Gasteiger partial charge >= 0.3 is 0 Å². The molecule has 11 heavy (non-hydrogen) atoms. The zero-order valence-corrected chi connectivity index (χ0v) is 7.44. The van der Waals surface area contributed by atoms with Crippen LogP contribution in [0.4, 0.5) is 0 Å². The Morgan fingerprint density at radius 2 is 2.27 bits per heavy atom. The monoisotopic (exact) mass is 175 g/mol. The Hall–Kier alpha value is 0.210. The minimum Gasteiger partial charge on any atom is -0.380 e. The molecule has 2 saturated heterocycles. The fourth-order valence-electron chi connectivity index (χ4n) is 1.96. The lowest BCUT2D eigenvalue weighted by Gasteiger charge is -2.37. The quantitative estimate of drug-likeness (QED) is 0.580. The molecular weight excluding hydrogens is 162 g/mol. The molecular formula is C8H14ClNO. The molecule has 0 radical (unpaired) electrons. The number of rotatable bonds is 2. The molecule has 0 N–H and O–H groups in total. The molecule has 2 heterocycles. The summed E-state index contributed by atoms with van der Waals surface area (Å²) < 4.78 is 5.23. The Balaban J connectivity index is 1.83. The molecule has 0 aromatic carbocycles. The van der Waals surface area contributed by atoms with Gasteiger partial charge < -0.3 is 9.64 Å². The Labute approximate surface area is 72.5 Å². The molecule has 1 spiro atoms. The van der Waals surface area contributed by atoms with Gasteiger partial charge in [-0.25, -0.2) is 0 Å². The minimum absolute atomic E-state index is 0.534. The summed E-state index contributed by atoms with van der Waals surface area (Å²) in [5.41, 5.74) is 0.534. The van der Waals surface area contributed by atoms with Gasteiger partial charge in [0.1, 0.15) is 0 Å². The van der Waals surface area contributed by atoms with Crippen LogP contribution in [0.15, 0.2) is 0 Å². The highest BCUT2D eigenvalue weighted by Gasteiger charge is 2.43. The number of halogens is 1. The van der Waals surface area contributed by atoms with Crippen LogP contribution in [0.25, 0.3) is 0 Å². The molecule has 0 bridgehead atoms. The zero-order valence-electron chi connectivity index (χ0n) is 6.68. The number of alkyl halides is 1. The first-order valence-corrected chi connectivity index (χ1v) is 4.74. The lowest BCUT2D eigenvalue weighted by molar-refractivity contribution is -0.104. The number of hydrogen-bond acceptors (Lipinski definition) is 2. The highest BCUT2D eigenvalue weighted by atomic mass is 35.5. The van der Waals surface area contributed by atoms with E-state index in [4.69, 9.17) is 16.3 Å². The molecule has 0 aromatic rings. The lowest BCUT2D eigenvalue weighted by atomic mass is 9.85. The molecule has 0 amide bonds. The number of ether oxygens (including phenoxy) is 1. The van der Waals surface area contributed by atoms with Crippen LogP contribution in [-0.2, 0) is 4.74 Å². The van der Waals surface area contributed by atoms with Crippen LogP contribution in [0.5, 0.6) is 0 Å². The number of nitrogens with zero attached hydrogens (tertiary/aromatic N) is 1. The summed E-state index contributed by atoms with van der Waals surface area (Å²) in [6.45, 7) is 5.43. The van der Waals surface area contributed by atoms with Gasteiger partial charge in [-0.05, 0) is 13.0 Å². The van der Waals surface area contributed by atoms with E-state index in [0.29, 0.717) is 5.41 Å². The predicted octanol–water partition coefficient (Wildman–Crippen LogP) is 0.948. The normalized spacial score (nSPS) is 29.2. The molecule has 2 fully saturated rings. The van der Waals surface area contributed by atoms with Gasteiger partial charge in [0.2, 0.25) is 0 Å². The molecule has 0 aliphatic carbocycles. The first-order chi connectivity index (χ1) is 5.35. The van der Waals surface area contributed by atoms with Crippen molar-refractivity contribution < 1.29 is 4.74 Å². The zero-order chi connectivity index (χ0) is 7.73. The van der Waals surface area contributed by atoms with Crippen LogP contribution in [0.2, 0.25) is 0 Å². The van der Waals surface area contributed by atoms with E-state index in [1.807, 2.05) is 0 Å². The summed E-state index contributed by atoms with van der Waals surface area (Å²) in [5.74, 6) is 0.761. The summed E-state index contributed by atoms with van der Waals surface area (Å²) in [7, 11) is 0. The van der Waals surface area contributed by atoms with E-state index >= 15 is 0 Å². The van der Waals surface area contributed by atoms with E-state index in [-0.39, 0.29) is 0 Å². The molecule has 64 valence electrons. The van der Waals surface area contributed by atoms with Crippen molar-refractivity contribution in [2.24, 2.45) is 5.41 Å². The van der Waals surface area contributed by atoms with Crippen molar-refractivity contribution in [3.8, 4) is 0 Å². The van der Waals surface area contributed by atoms with Crippen LogP contribution >= 0.6 is 11.6 Å². The molecule has 2 rings (SSSR count). The summed E-state index contributed by atoms with van der Waals surface area (Å²) in [4.78, 5) is 2.44. The molecule has 2 aliphatic rings.